The summed E-state index contributed by atoms with van der Waals surface area (Å²) >= 11 is 7.13. The molecule has 0 saturated heterocycles. The highest BCUT2D eigenvalue weighted by atomic mass is 35.5. The third-order valence-electron chi connectivity index (χ3n) is 3.32. The second-order valence-corrected chi connectivity index (χ2v) is 6.38. The number of carbonyl (C=O) groups is 1. The van der Waals surface area contributed by atoms with E-state index in [1.54, 1.807) is 19.1 Å². The minimum Gasteiger partial charge on any atom is -0.478 e. The summed E-state index contributed by atoms with van der Waals surface area (Å²) in [4.78, 5) is 42.6. The number of carboxylic acid groups (broad SMARTS) is 1. The van der Waals surface area contributed by atoms with E-state index in [2.05, 4.69) is 9.97 Å². The molecular formula is C14H10ClN3O4S. The number of aryl methyl sites for hydroxylation is 1. The molecule has 0 spiro atoms. The van der Waals surface area contributed by atoms with Crippen LogP contribution < -0.4 is 11.2 Å². The molecule has 118 valence electrons. The monoisotopic (exact) mass is 351 g/mol. The lowest BCUT2D eigenvalue weighted by Gasteiger charge is -2.09. The molecular weight excluding hydrogens is 342 g/mol. The molecule has 0 aliphatic rings. The van der Waals surface area contributed by atoms with Crippen LogP contribution >= 0.6 is 22.9 Å². The van der Waals surface area contributed by atoms with Gasteiger partial charge in [0.2, 0.25) is 0 Å². The summed E-state index contributed by atoms with van der Waals surface area (Å²) in [6.45, 7) is 1.95. The number of hydrogen-bond acceptors (Lipinski definition) is 5. The maximum atomic E-state index is 12.1. The predicted molar refractivity (Wildman–Crippen MR) is 87.6 cm³/mol. The summed E-state index contributed by atoms with van der Waals surface area (Å²) in [5.41, 5.74) is -1.22. The van der Waals surface area contributed by atoms with Gasteiger partial charge in [-0.3, -0.25) is 14.3 Å². The van der Waals surface area contributed by atoms with Gasteiger partial charge in [0.25, 0.3) is 5.56 Å². The fourth-order valence-electron chi connectivity index (χ4n) is 2.31. The molecule has 9 heteroatoms. The van der Waals surface area contributed by atoms with Crippen LogP contribution in [0, 0.1) is 0 Å². The molecule has 2 N–H and O–H groups in total. The first-order valence-electron chi connectivity index (χ1n) is 6.59. The van der Waals surface area contributed by atoms with E-state index in [0.717, 1.165) is 0 Å². The summed E-state index contributed by atoms with van der Waals surface area (Å²) in [5, 5.41) is 9.31. The van der Waals surface area contributed by atoms with Crippen molar-refractivity contribution in [3.8, 4) is 10.6 Å². The van der Waals surface area contributed by atoms with Gasteiger partial charge < -0.3 is 5.11 Å². The van der Waals surface area contributed by atoms with Crippen LogP contribution in [-0.4, -0.2) is 25.6 Å². The van der Waals surface area contributed by atoms with E-state index in [1.807, 2.05) is 0 Å². The molecule has 0 saturated carbocycles. The number of nitrogens with zero attached hydrogens (tertiary/aromatic N) is 2. The fourth-order valence-corrected chi connectivity index (χ4v) is 3.32. The zero-order valence-corrected chi connectivity index (χ0v) is 13.4. The Morgan fingerprint density at radius 1 is 1.43 bits per heavy atom. The molecule has 0 bridgehead atoms. The number of hydrogen-bond donors (Lipinski definition) is 2. The summed E-state index contributed by atoms with van der Waals surface area (Å²) in [6, 6.07) is 4.68. The Labute approximate surface area is 137 Å². The van der Waals surface area contributed by atoms with Gasteiger partial charge in [0.05, 0.1) is 25.9 Å². The Hall–Kier alpha value is -2.45. The number of nitrogens with one attached hydrogen (secondary N) is 1. The van der Waals surface area contributed by atoms with Crippen molar-refractivity contribution >= 4 is 39.9 Å². The molecule has 0 amide bonds. The highest BCUT2D eigenvalue weighted by Crippen LogP contribution is 2.31. The van der Waals surface area contributed by atoms with E-state index in [4.69, 9.17) is 11.6 Å². The number of halogens is 1. The van der Waals surface area contributed by atoms with Gasteiger partial charge in [-0.25, -0.2) is 14.6 Å². The van der Waals surface area contributed by atoms with Crippen LogP contribution in [0.4, 0.5) is 0 Å². The summed E-state index contributed by atoms with van der Waals surface area (Å²) < 4.78 is 1.75. The first-order valence-corrected chi connectivity index (χ1v) is 7.78. The number of thiophene rings is 1. The molecule has 0 atom stereocenters. The minimum absolute atomic E-state index is 0.0423. The molecule has 3 aromatic rings. The third kappa shape index (κ3) is 2.55. The summed E-state index contributed by atoms with van der Waals surface area (Å²) in [5.74, 6) is -1.27. The number of fused-ring (bicyclic) bond motifs is 1. The van der Waals surface area contributed by atoms with Crippen LogP contribution in [0.15, 0.2) is 27.8 Å². The average Bonchev–Trinajstić information content (AvgIpc) is 2.92. The van der Waals surface area contributed by atoms with Crippen molar-refractivity contribution in [1.82, 2.24) is 14.5 Å². The Morgan fingerprint density at radius 3 is 2.74 bits per heavy atom. The van der Waals surface area contributed by atoms with E-state index >= 15 is 0 Å². The Morgan fingerprint density at radius 2 is 2.17 bits per heavy atom. The molecule has 0 aliphatic heterocycles. The van der Waals surface area contributed by atoms with Crippen LogP contribution in [0.3, 0.4) is 0 Å². The van der Waals surface area contributed by atoms with Gasteiger partial charge in [0.1, 0.15) is 0 Å². The normalized spacial score (nSPS) is 11.0. The number of H-pyrrole nitrogens is 1. The largest absolute Gasteiger partial charge is 0.478 e. The minimum atomic E-state index is -1.27. The van der Waals surface area contributed by atoms with Crippen molar-refractivity contribution < 1.29 is 9.90 Å². The quantitative estimate of drug-likeness (QED) is 0.752. The second kappa shape index (κ2) is 5.64. The van der Waals surface area contributed by atoms with E-state index in [-0.39, 0.29) is 23.1 Å². The lowest BCUT2D eigenvalue weighted by atomic mass is 10.1. The first kappa shape index (κ1) is 15.4. The molecule has 23 heavy (non-hydrogen) atoms. The van der Waals surface area contributed by atoms with Crippen molar-refractivity contribution in [2.75, 3.05) is 0 Å². The maximum absolute atomic E-state index is 12.1. The molecule has 0 aliphatic carbocycles. The second-order valence-electron chi connectivity index (χ2n) is 4.67. The number of aromatic amines is 1. The van der Waals surface area contributed by atoms with Crippen molar-refractivity contribution in [2.45, 2.75) is 13.5 Å². The maximum Gasteiger partial charge on any atom is 0.336 e. The lowest BCUT2D eigenvalue weighted by Crippen LogP contribution is -2.31. The lowest BCUT2D eigenvalue weighted by molar-refractivity contribution is 0.0699. The molecule has 0 unspecified atom stereocenters. The first-order chi connectivity index (χ1) is 10.9. The zero-order chi connectivity index (χ0) is 16.7. The molecule has 0 radical (unpaired) electrons. The average molecular weight is 352 g/mol. The van der Waals surface area contributed by atoms with Crippen molar-refractivity contribution in [1.29, 1.82) is 0 Å². The fraction of sp³-hybridized carbons (Fsp3) is 0.143. The molecule has 3 aromatic heterocycles. The molecule has 7 nitrogen and oxygen atoms in total. The Kier molecular flexibility index (Phi) is 3.78. The van der Waals surface area contributed by atoms with Gasteiger partial charge in [0, 0.05) is 6.54 Å². The van der Waals surface area contributed by atoms with Gasteiger partial charge in [0.15, 0.2) is 5.65 Å². The number of aromatic nitrogens is 3. The van der Waals surface area contributed by atoms with Crippen LogP contribution in [0.25, 0.3) is 21.6 Å². The topological polar surface area (TPSA) is 105 Å². The SMILES string of the molecule is CCn1c(=O)[nH]c(=O)c2c(C(=O)O)cc(-c3ccc(Cl)s3)nc21. The van der Waals surface area contributed by atoms with Gasteiger partial charge in [-0.15, -0.1) is 11.3 Å². The van der Waals surface area contributed by atoms with E-state index in [9.17, 15) is 19.5 Å². The van der Waals surface area contributed by atoms with Gasteiger partial charge in [-0.1, -0.05) is 11.6 Å². The zero-order valence-electron chi connectivity index (χ0n) is 11.8. The molecule has 3 heterocycles. The van der Waals surface area contributed by atoms with Crippen LogP contribution in [0.2, 0.25) is 4.34 Å². The third-order valence-corrected chi connectivity index (χ3v) is 4.57. The standard InChI is InChI=1S/C14H10ClN3O4S/c1-2-18-11-10(12(19)17-14(18)22)6(13(20)21)5-7(16-11)8-3-4-9(15)23-8/h3-5H,2H2,1H3,(H,20,21)(H,17,19,22). The smallest absolute Gasteiger partial charge is 0.336 e. The number of carboxylic acids is 1. The van der Waals surface area contributed by atoms with Crippen LogP contribution in [-0.2, 0) is 6.54 Å². The number of rotatable bonds is 3. The molecule has 0 aromatic carbocycles. The number of aromatic carboxylic acids is 1. The highest BCUT2D eigenvalue weighted by molar-refractivity contribution is 7.19. The van der Waals surface area contributed by atoms with E-state index in [0.29, 0.717) is 14.9 Å². The van der Waals surface area contributed by atoms with Crippen LogP contribution in [0.5, 0.6) is 0 Å². The summed E-state index contributed by atoms with van der Waals surface area (Å²) in [6.07, 6.45) is 0. The van der Waals surface area contributed by atoms with Gasteiger partial charge in [-0.2, -0.15) is 0 Å². The summed E-state index contributed by atoms with van der Waals surface area (Å²) in [7, 11) is 0. The van der Waals surface area contributed by atoms with Gasteiger partial charge >= 0.3 is 11.7 Å². The van der Waals surface area contributed by atoms with E-state index in [1.165, 1.54) is 22.0 Å². The Balaban J connectivity index is 2.49. The van der Waals surface area contributed by atoms with Crippen molar-refractivity contribution in [3.63, 3.8) is 0 Å². The predicted octanol–water partition coefficient (Wildman–Crippen LogP) is 2.18. The van der Waals surface area contributed by atoms with Gasteiger partial charge in [-0.05, 0) is 25.1 Å². The number of pyridine rings is 1. The van der Waals surface area contributed by atoms with Crippen LogP contribution in [0.1, 0.15) is 17.3 Å². The van der Waals surface area contributed by atoms with E-state index < -0.39 is 17.2 Å². The van der Waals surface area contributed by atoms with Crippen molar-refractivity contribution in [3.05, 3.63) is 48.9 Å². The highest BCUT2D eigenvalue weighted by Gasteiger charge is 2.19. The van der Waals surface area contributed by atoms with Crippen molar-refractivity contribution in [2.24, 2.45) is 0 Å². The Bertz CT molecular complexity index is 1050. The molecule has 3 rings (SSSR count). The molecule has 0 fully saturated rings.